The zero-order chi connectivity index (χ0) is 16.5. The van der Waals surface area contributed by atoms with Crippen LogP contribution < -0.4 is 0 Å². The summed E-state index contributed by atoms with van der Waals surface area (Å²) in [6, 6.07) is 6.37. The third kappa shape index (κ3) is 2.82. The van der Waals surface area contributed by atoms with Crippen LogP contribution >= 0.6 is 11.3 Å². The number of benzene rings is 1. The fraction of sp³-hybridized carbons (Fsp3) is 0.333. The maximum absolute atomic E-state index is 13.4. The molecular weight excluding hydrogens is 325 g/mol. The molecule has 124 valence electrons. The minimum Gasteiger partial charge on any atom is -0.337 e. The molecule has 1 amide bonds. The number of carbonyl (C=O) groups is 1. The second-order valence-electron chi connectivity index (χ2n) is 6.12. The first-order valence-corrected chi connectivity index (χ1v) is 9.12. The fourth-order valence-electron chi connectivity index (χ4n) is 3.16. The molecule has 1 aliphatic rings. The van der Waals surface area contributed by atoms with Crippen molar-refractivity contribution in [3.63, 3.8) is 0 Å². The lowest BCUT2D eigenvalue weighted by Crippen LogP contribution is -2.32. The highest BCUT2D eigenvalue weighted by molar-refractivity contribution is 7.15. The summed E-state index contributed by atoms with van der Waals surface area (Å²) >= 11 is 1.44. The number of amides is 1. The maximum Gasteiger partial charge on any atom is 0.271 e. The molecule has 1 aromatic carbocycles. The Kier molecular flexibility index (Phi) is 4.06. The van der Waals surface area contributed by atoms with Gasteiger partial charge in [-0.25, -0.2) is 9.37 Å². The number of thiazole rings is 1. The molecule has 24 heavy (non-hydrogen) atoms. The molecule has 0 atom stereocenters. The van der Waals surface area contributed by atoms with E-state index in [4.69, 9.17) is 0 Å². The van der Waals surface area contributed by atoms with E-state index >= 15 is 0 Å². The summed E-state index contributed by atoms with van der Waals surface area (Å²) in [4.78, 5) is 20.1. The van der Waals surface area contributed by atoms with Gasteiger partial charge < -0.3 is 4.90 Å². The number of imidazole rings is 1. The average Bonchev–Trinajstić information content (AvgIpc) is 3.05. The molecule has 6 heteroatoms. The van der Waals surface area contributed by atoms with E-state index in [1.807, 2.05) is 26.9 Å². The van der Waals surface area contributed by atoms with Gasteiger partial charge in [0.1, 0.15) is 11.5 Å². The fourth-order valence-corrected chi connectivity index (χ4v) is 4.01. The maximum atomic E-state index is 13.4. The molecule has 3 aromatic rings. The van der Waals surface area contributed by atoms with E-state index in [9.17, 15) is 9.18 Å². The lowest BCUT2D eigenvalue weighted by Gasteiger charge is -2.19. The number of carbonyl (C=O) groups excluding carboxylic acids is 1. The minimum atomic E-state index is -0.287. The summed E-state index contributed by atoms with van der Waals surface area (Å²) in [6.07, 6.45) is 6.34. The largest absolute Gasteiger partial charge is 0.337 e. The SMILES string of the molecule is O=C(c1csc2nc(-c3cccc(F)c3)cn12)N1CCCCCC1. The zero-order valence-electron chi connectivity index (χ0n) is 13.2. The quantitative estimate of drug-likeness (QED) is 0.699. The van der Waals surface area contributed by atoms with Crippen LogP contribution in [0.15, 0.2) is 35.8 Å². The van der Waals surface area contributed by atoms with Crippen molar-refractivity contribution in [3.8, 4) is 11.3 Å². The van der Waals surface area contributed by atoms with Crippen molar-refractivity contribution in [2.45, 2.75) is 25.7 Å². The Labute approximate surface area is 143 Å². The lowest BCUT2D eigenvalue weighted by molar-refractivity contribution is 0.0755. The van der Waals surface area contributed by atoms with Crippen LogP contribution in [0.4, 0.5) is 4.39 Å². The molecule has 2 aromatic heterocycles. The first kappa shape index (κ1) is 15.3. The molecule has 0 N–H and O–H groups in total. The average molecular weight is 343 g/mol. The first-order chi connectivity index (χ1) is 11.7. The summed E-state index contributed by atoms with van der Waals surface area (Å²) in [7, 11) is 0. The van der Waals surface area contributed by atoms with Gasteiger partial charge in [-0.1, -0.05) is 25.0 Å². The molecule has 3 heterocycles. The molecule has 4 rings (SSSR count). The van der Waals surface area contributed by atoms with Crippen LogP contribution in [-0.2, 0) is 0 Å². The van der Waals surface area contributed by atoms with E-state index in [2.05, 4.69) is 4.98 Å². The number of nitrogens with zero attached hydrogens (tertiary/aromatic N) is 3. The number of likely N-dealkylation sites (tertiary alicyclic amines) is 1. The number of hydrogen-bond donors (Lipinski definition) is 0. The van der Waals surface area contributed by atoms with Gasteiger partial charge in [0.25, 0.3) is 5.91 Å². The highest BCUT2D eigenvalue weighted by Crippen LogP contribution is 2.25. The molecule has 0 bridgehead atoms. The van der Waals surface area contributed by atoms with Crippen molar-refractivity contribution in [2.75, 3.05) is 13.1 Å². The van der Waals surface area contributed by atoms with E-state index in [0.29, 0.717) is 11.4 Å². The van der Waals surface area contributed by atoms with Crippen molar-refractivity contribution in [1.82, 2.24) is 14.3 Å². The Morgan fingerprint density at radius 3 is 2.71 bits per heavy atom. The van der Waals surface area contributed by atoms with Crippen molar-refractivity contribution in [1.29, 1.82) is 0 Å². The normalized spacial score (nSPS) is 15.6. The number of hydrogen-bond acceptors (Lipinski definition) is 3. The Bertz CT molecular complexity index is 877. The van der Waals surface area contributed by atoms with Crippen LogP contribution in [0.25, 0.3) is 16.2 Å². The Hall–Kier alpha value is -2.21. The molecule has 1 saturated heterocycles. The molecule has 1 aliphatic heterocycles. The first-order valence-electron chi connectivity index (χ1n) is 8.24. The molecule has 1 fully saturated rings. The van der Waals surface area contributed by atoms with Gasteiger partial charge >= 0.3 is 0 Å². The van der Waals surface area contributed by atoms with Crippen molar-refractivity contribution in [2.24, 2.45) is 0 Å². The van der Waals surface area contributed by atoms with Gasteiger partial charge in [0.2, 0.25) is 0 Å². The Morgan fingerprint density at radius 2 is 1.96 bits per heavy atom. The van der Waals surface area contributed by atoms with Gasteiger partial charge in [0, 0.05) is 30.2 Å². The van der Waals surface area contributed by atoms with Crippen LogP contribution in [0.5, 0.6) is 0 Å². The highest BCUT2D eigenvalue weighted by Gasteiger charge is 2.21. The second kappa shape index (κ2) is 6.36. The van der Waals surface area contributed by atoms with Crippen molar-refractivity contribution < 1.29 is 9.18 Å². The number of halogens is 1. The van der Waals surface area contributed by atoms with Gasteiger partial charge in [-0.05, 0) is 25.0 Å². The van der Waals surface area contributed by atoms with Crippen LogP contribution in [0, 0.1) is 5.82 Å². The van der Waals surface area contributed by atoms with E-state index in [0.717, 1.165) is 36.5 Å². The molecular formula is C18H18FN3OS. The molecule has 0 radical (unpaired) electrons. The number of rotatable bonds is 2. The van der Waals surface area contributed by atoms with E-state index < -0.39 is 0 Å². The van der Waals surface area contributed by atoms with E-state index in [-0.39, 0.29) is 11.7 Å². The summed E-state index contributed by atoms with van der Waals surface area (Å²) in [5.74, 6) is -0.226. The topological polar surface area (TPSA) is 37.6 Å². The third-order valence-corrected chi connectivity index (χ3v) is 5.28. The van der Waals surface area contributed by atoms with Crippen LogP contribution in [0.1, 0.15) is 36.2 Å². The van der Waals surface area contributed by atoms with Gasteiger partial charge in [-0.15, -0.1) is 11.3 Å². The standard InChI is InChI=1S/C18H18FN3OS/c19-14-7-5-6-13(10-14)15-11-22-16(12-24-18(22)20-15)17(23)21-8-3-1-2-4-9-21/h5-7,10-12H,1-4,8-9H2. The predicted molar refractivity (Wildman–Crippen MR) is 92.8 cm³/mol. The van der Waals surface area contributed by atoms with Gasteiger partial charge in [-0.3, -0.25) is 9.20 Å². The Morgan fingerprint density at radius 1 is 1.17 bits per heavy atom. The number of fused-ring (bicyclic) bond motifs is 1. The lowest BCUT2D eigenvalue weighted by atomic mass is 10.2. The van der Waals surface area contributed by atoms with Gasteiger partial charge in [0.05, 0.1) is 5.69 Å². The van der Waals surface area contributed by atoms with Gasteiger partial charge in [-0.2, -0.15) is 0 Å². The van der Waals surface area contributed by atoms with Gasteiger partial charge in [0.15, 0.2) is 4.96 Å². The van der Waals surface area contributed by atoms with Crippen LogP contribution in [0.2, 0.25) is 0 Å². The minimum absolute atomic E-state index is 0.0614. The third-order valence-electron chi connectivity index (χ3n) is 4.44. The summed E-state index contributed by atoms with van der Waals surface area (Å²) in [6.45, 7) is 1.64. The van der Waals surface area contributed by atoms with Crippen molar-refractivity contribution >= 4 is 22.2 Å². The Balaban J connectivity index is 1.68. The molecule has 0 saturated carbocycles. The molecule has 0 unspecified atom stereocenters. The van der Waals surface area contributed by atoms with Crippen LogP contribution in [0.3, 0.4) is 0 Å². The zero-order valence-corrected chi connectivity index (χ0v) is 14.1. The van der Waals surface area contributed by atoms with E-state index in [1.165, 1.54) is 36.3 Å². The summed E-state index contributed by atoms with van der Waals surface area (Å²) in [5.41, 5.74) is 2.05. The molecule has 0 spiro atoms. The summed E-state index contributed by atoms with van der Waals surface area (Å²) in [5, 5.41) is 1.87. The summed E-state index contributed by atoms with van der Waals surface area (Å²) < 4.78 is 15.3. The second-order valence-corrected chi connectivity index (χ2v) is 6.95. The highest BCUT2D eigenvalue weighted by atomic mass is 32.1. The van der Waals surface area contributed by atoms with Crippen molar-refractivity contribution in [3.05, 3.63) is 47.4 Å². The molecule has 4 nitrogen and oxygen atoms in total. The number of aromatic nitrogens is 2. The monoisotopic (exact) mass is 343 g/mol. The van der Waals surface area contributed by atoms with Crippen LogP contribution in [-0.4, -0.2) is 33.3 Å². The predicted octanol–water partition coefficient (Wildman–Crippen LogP) is 4.22. The molecule has 0 aliphatic carbocycles. The van der Waals surface area contributed by atoms with E-state index in [1.54, 1.807) is 6.07 Å². The smallest absolute Gasteiger partial charge is 0.271 e.